The number of carboxylic acids is 1. The Hall–Kier alpha value is -1.97. The third kappa shape index (κ3) is 2.78. The third-order valence-electron chi connectivity index (χ3n) is 2.75. The Morgan fingerprint density at radius 1 is 1.47 bits per heavy atom. The number of hydrogen-bond donors (Lipinski definition) is 3. The van der Waals surface area contributed by atoms with Gasteiger partial charge in [-0.2, -0.15) is 0 Å². The number of hydrogen-bond acceptors (Lipinski definition) is 2. The molecule has 2 aromatic rings. The van der Waals surface area contributed by atoms with Crippen LogP contribution in [-0.2, 0) is 4.79 Å². The van der Waals surface area contributed by atoms with E-state index in [0.29, 0.717) is 6.54 Å². The highest BCUT2D eigenvalue weighted by Gasteiger charge is 2.08. The van der Waals surface area contributed by atoms with Crippen LogP contribution in [0.4, 0.5) is 5.69 Å². The Balaban J connectivity index is 2.02. The van der Waals surface area contributed by atoms with E-state index >= 15 is 0 Å². The van der Waals surface area contributed by atoms with Gasteiger partial charge in [-0.3, -0.25) is 4.79 Å². The molecule has 0 radical (unpaired) electrons. The molecule has 1 heterocycles. The summed E-state index contributed by atoms with van der Waals surface area (Å²) >= 11 is 0. The van der Waals surface area contributed by atoms with Gasteiger partial charge < -0.3 is 15.4 Å². The summed E-state index contributed by atoms with van der Waals surface area (Å²) in [5.41, 5.74) is 2.11. The van der Waals surface area contributed by atoms with Crippen LogP contribution in [0.2, 0.25) is 0 Å². The monoisotopic (exact) mass is 232 g/mol. The highest BCUT2D eigenvalue weighted by molar-refractivity contribution is 5.92. The first-order chi connectivity index (χ1) is 8.16. The van der Waals surface area contributed by atoms with E-state index in [9.17, 15) is 4.79 Å². The fourth-order valence-corrected chi connectivity index (χ4v) is 1.87. The van der Waals surface area contributed by atoms with Gasteiger partial charge in [0.25, 0.3) is 0 Å². The predicted octanol–water partition coefficient (Wildman–Crippen LogP) is 2.69. The predicted molar refractivity (Wildman–Crippen MR) is 68.2 cm³/mol. The zero-order chi connectivity index (χ0) is 12.3. The first-order valence-electron chi connectivity index (χ1n) is 5.68. The highest BCUT2D eigenvalue weighted by atomic mass is 16.4. The maximum atomic E-state index is 10.5. The SMILES string of the molecule is CC(CNc1c[nH]c2ccccc12)CC(=O)O. The molecule has 0 spiro atoms. The normalized spacial score (nSPS) is 12.5. The molecule has 4 nitrogen and oxygen atoms in total. The second-order valence-corrected chi connectivity index (χ2v) is 4.33. The van der Waals surface area contributed by atoms with E-state index in [1.54, 1.807) is 0 Å². The van der Waals surface area contributed by atoms with Crippen molar-refractivity contribution in [1.82, 2.24) is 4.98 Å². The van der Waals surface area contributed by atoms with Gasteiger partial charge >= 0.3 is 5.97 Å². The van der Waals surface area contributed by atoms with Crippen molar-refractivity contribution in [1.29, 1.82) is 0 Å². The molecule has 0 fully saturated rings. The average molecular weight is 232 g/mol. The van der Waals surface area contributed by atoms with Gasteiger partial charge in [0.2, 0.25) is 0 Å². The minimum atomic E-state index is -0.752. The maximum Gasteiger partial charge on any atom is 0.303 e. The molecule has 90 valence electrons. The molecular formula is C13H16N2O2. The summed E-state index contributed by atoms with van der Waals surface area (Å²) in [6.07, 6.45) is 2.10. The summed E-state index contributed by atoms with van der Waals surface area (Å²) in [6, 6.07) is 8.02. The number of benzene rings is 1. The van der Waals surface area contributed by atoms with Crippen molar-refractivity contribution in [3.05, 3.63) is 30.5 Å². The Bertz CT molecular complexity index is 519. The molecule has 0 aliphatic carbocycles. The van der Waals surface area contributed by atoms with Gasteiger partial charge in [0.05, 0.1) is 5.69 Å². The Labute approximate surface area is 99.7 Å². The van der Waals surface area contributed by atoms with Crippen molar-refractivity contribution < 1.29 is 9.90 Å². The topological polar surface area (TPSA) is 65.1 Å². The fraction of sp³-hybridized carbons (Fsp3) is 0.308. The fourth-order valence-electron chi connectivity index (χ4n) is 1.87. The zero-order valence-corrected chi connectivity index (χ0v) is 9.73. The lowest BCUT2D eigenvalue weighted by Crippen LogP contribution is -2.14. The number of para-hydroxylation sites is 1. The smallest absolute Gasteiger partial charge is 0.303 e. The first-order valence-corrected chi connectivity index (χ1v) is 5.68. The summed E-state index contributed by atoms with van der Waals surface area (Å²) in [7, 11) is 0. The van der Waals surface area contributed by atoms with Crippen molar-refractivity contribution in [2.45, 2.75) is 13.3 Å². The van der Waals surface area contributed by atoms with Gasteiger partial charge in [0, 0.05) is 30.1 Å². The summed E-state index contributed by atoms with van der Waals surface area (Å²) in [4.78, 5) is 13.7. The van der Waals surface area contributed by atoms with Crippen molar-refractivity contribution >= 4 is 22.6 Å². The van der Waals surface area contributed by atoms with E-state index in [1.165, 1.54) is 0 Å². The minimum absolute atomic E-state index is 0.112. The lowest BCUT2D eigenvalue weighted by atomic mass is 10.1. The van der Waals surface area contributed by atoms with Crippen molar-refractivity contribution in [3.63, 3.8) is 0 Å². The zero-order valence-electron chi connectivity index (χ0n) is 9.73. The maximum absolute atomic E-state index is 10.5. The van der Waals surface area contributed by atoms with Gasteiger partial charge in [-0.15, -0.1) is 0 Å². The van der Waals surface area contributed by atoms with Crippen LogP contribution in [0.5, 0.6) is 0 Å². The summed E-state index contributed by atoms with van der Waals surface area (Å²) in [6.45, 7) is 2.59. The van der Waals surface area contributed by atoms with Crippen LogP contribution in [0.25, 0.3) is 10.9 Å². The molecule has 17 heavy (non-hydrogen) atoms. The number of carboxylic acid groups (broad SMARTS) is 1. The molecule has 0 aliphatic heterocycles. The number of anilines is 1. The lowest BCUT2D eigenvalue weighted by molar-refractivity contribution is -0.137. The van der Waals surface area contributed by atoms with Crippen LogP contribution < -0.4 is 5.32 Å². The largest absolute Gasteiger partial charge is 0.481 e. The summed E-state index contributed by atoms with van der Waals surface area (Å²) in [5, 5.41) is 13.1. The van der Waals surface area contributed by atoms with Crippen LogP contribution in [-0.4, -0.2) is 22.6 Å². The molecular weight excluding hydrogens is 216 g/mol. The number of H-pyrrole nitrogens is 1. The van der Waals surface area contributed by atoms with E-state index in [2.05, 4.69) is 10.3 Å². The quantitative estimate of drug-likeness (QED) is 0.742. The first kappa shape index (κ1) is 11.5. The molecule has 0 amide bonds. The van der Waals surface area contributed by atoms with E-state index in [0.717, 1.165) is 16.6 Å². The number of rotatable bonds is 5. The molecule has 0 saturated carbocycles. The number of aliphatic carboxylic acids is 1. The molecule has 1 unspecified atom stereocenters. The molecule has 1 aromatic heterocycles. The molecule has 0 aliphatic rings. The van der Waals surface area contributed by atoms with Crippen LogP contribution in [0.1, 0.15) is 13.3 Å². The average Bonchev–Trinajstić information content (AvgIpc) is 2.69. The van der Waals surface area contributed by atoms with E-state index in [-0.39, 0.29) is 12.3 Å². The molecule has 2 rings (SSSR count). The second kappa shape index (κ2) is 4.91. The number of aromatic amines is 1. The Morgan fingerprint density at radius 2 is 2.24 bits per heavy atom. The number of carbonyl (C=O) groups is 1. The molecule has 4 heteroatoms. The molecule has 1 aromatic carbocycles. The number of aromatic nitrogens is 1. The Morgan fingerprint density at radius 3 is 3.00 bits per heavy atom. The van der Waals surface area contributed by atoms with Crippen LogP contribution in [0, 0.1) is 5.92 Å². The minimum Gasteiger partial charge on any atom is -0.481 e. The number of nitrogens with one attached hydrogen (secondary N) is 2. The van der Waals surface area contributed by atoms with Gasteiger partial charge in [0.15, 0.2) is 0 Å². The van der Waals surface area contributed by atoms with Crippen molar-refractivity contribution in [2.75, 3.05) is 11.9 Å². The number of fused-ring (bicyclic) bond motifs is 1. The van der Waals surface area contributed by atoms with E-state index in [1.807, 2.05) is 37.4 Å². The highest BCUT2D eigenvalue weighted by Crippen LogP contribution is 2.22. The standard InChI is InChI=1S/C13H16N2O2/c1-9(6-13(16)17)7-14-12-8-15-11-5-3-2-4-10(11)12/h2-5,8-9,14-15H,6-7H2,1H3,(H,16,17). The van der Waals surface area contributed by atoms with Crippen molar-refractivity contribution in [3.8, 4) is 0 Å². The Kier molecular flexibility index (Phi) is 3.32. The van der Waals surface area contributed by atoms with Crippen LogP contribution in [0.15, 0.2) is 30.5 Å². The molecule has 0 bridgehead atoms. The van der Waals surface area contributed by atoms with Gasteiger partial charge in [-0.1, -0.05) is 25.1 Å². The van der Waals surface area contributed by atoms with Gasteiger partial charge in [-0.25, -0.2) is 0 Å². The summed E-state index contributed by atoms with van der Waals surface area (Å²) in [5.74, 6) is -0.639. The second-order valence-electron chi connectivity index (χ2n) is 4.33. The van der Waals surface area contributed by atoms with Gasteiger partial charge in [-0.05, 0) is 12.0 Å². The third-order valence-corrected chi connectivity index (χ3v) is 2.75. The van der Waals surface area contributed by atoms with Crippen LogP contribution >= 0.6 is 0 Å². The molecule has 1 atom stereocenters. The van der Waals surface area contributed by atoms with Crippen LogP contribution in [0.3, 0.4) is 0 Å². The molecule has 3 N–H and O–H groups in total. The van der Waals surface area contributed by atoms with E-state index < -0.39 is 5.97 Å². The lowest BCUT2D eigenvalue weighted by Gasteiger charge is -2.10. The van der Waals surface area contributed by atoms with Gasteiger partial charge in [0.1, 0.15) is 0 Å². The summed E-state index contributed by atoms with van der Waals surface area (Å²) < 4.78 is 0. The van der Waals surface area contributed by atoms with E-state index in [4.69, 9.17) is 5.11 Å². The molecule has 0 saturated heterocycles. The van der Waals surface area contributed by atoms with Crippen molar-refractivity contribution in [2.24, 2.45) is 5.92 Å².